The predicted octanol–water partition coefficient (Wildman–Crippen LogP) is -1.67. The summed E-state index contributed by atoms with van der Waals surface area (Å²) in [7, 11) is 1.52. The Bertz CT molecular complexity index is 657. The molecule has 0 fully saturated rings. The zero-order valence-electron chi connectivity index (χ0n) is 11.3. The molecule has 2 rings (SSSR count). The molecule has 0 spiro atoms. The molecule has 1 N–H and O–H groups in total. The monoisotopic (exact) mass is 287 g/mol. The number of aryl methyl sites for hydroxylation is 1. The molecule has 2 aromatic rings. The maximum Gasteiger partial charge on any atom is 0.269 e. The van der Waals surface area contributed by atoms with Gasteiger partial charge in [0, 0.05) is 37.3 Å². The summed E-state index contributed by atoms with van der Waals surface area (Å²) in [6.45, 7) is 0.224. The minimum absolute atomic E-state index is 0.111. The largest absolute Gasteiger partial charge is 0.550 e. The van der Waals surface area contributed by atoms with Gasteiger partial charge in [-0.25, -0.2) is 9.97 Å². The quantitative estimate of drug-likeness (QED) is 0.658. The molecule has 2 aromatic heterocycles. The summed E-state index contributed by atoms with van der Waals surface area (Å²) in [6.07, 6.45) is 4.51. The fourth-order valence-corrected chi connectivity index (χ4v) is 1.61. The van der Waals surface area contributed by atoms with Crippen LogP contribution in [-0.2, 0) is 11.3 Å². The third-order valence-corrected chi connectivity index (χ3v) is 2.69. The number of hydrogen-bond donors (Lipinski definition) is 1. The maximum absolute atomic E-state index is 11.5. The molecular weight excluding hydrogens is 274 g/mol. The number of aliphatic carboxylic acids is 1. The van der Waals surface area contributed by atoms with Crippen molar-refractivity contribution in [3.8, 4) is 11.4 Å². The summed E-state index contributed by atoms with van der Waals surface area (Å²) < 4.78 is 1.47. The van der Waals surface area contributed by atoms with E-state index in [1.54, 1.807) is 12.3 Å². The topological polar surface area (TPSA) is 112 Å². The predicted molar refractivity (Wildman–Crippen MR) is 68.5 cm³/mol. The van der Waals surface area contributed by atoms with Crippen LogP contribution in [0.1, 0.15) is 16.9 Å². The summed E-state index contributed by atoms with van der Waals surface area (Å²) in [4.78, 5) is 30.1. The Hall–Kier alpha value is -2.90. The van der Waals surface area contributed by atoms with Crippen LogP contribution in [0, 0.1) is 0 Å². The third kappa shape index (κ3) is 3.78. The number of hydrogen-bond acceptors (Lipinski definition) is 6. The van der Waals surface area contributed by atoms with Crippen LogP contribution >= 0.6 is 0 Å². The van der Waals surface area contributed by atoms with Crippen molar-refractivity contribution in [3.63, 3.8) is 0 Å². The number of carboxylic acids is 1. The van der Waals surface area contributed by atoms with E-state index in [4.69, 9.17) is 0 Å². The molecule has 0 bridgehead atoms. The van der Waals surface area contributed by atoms with Gasteiger partial charge < -0.3 is 15.2 Å². The number of rotatable bonds is 5. The molecule has 0 aliphatic rings. The van der Waals surface area contributed by atoms with E-state index in [9.17, 15) is 14.7 Å². The van der Waals surface area contributed by atoms with Gasteiger partial charge in [0.15, 0.2) is 18.6 Å². The van der Waals surface area contributed by atoms with Crippen LogP contribution in [0.2, 0.25) is 0 Å². The number of amides is 1. The lowest BCUT2D eigenvalue weighted by Crippen LogP contribution is -2.40. The van der Waals surface area contributed by atoms with Gasteiger partial charge in [0.1, 0.15) is 11.9 Å². The van der Waals surface area contributed by atoms with Crippen LogP contribution in [0.3, 0.4) is 0 Å². The Balaban J connectivity index is 2.18. The van der Waals surface area contributed by atoms with Gasteiger partial charge in [-0.3, -0.25) is 4.79 Å². The molecule has 21 heavy (non-hydrogen) atoms. The molecule has 0 radical (unpaired) electrons. The van der Waals surface area contributed by atoms with Gasteiger partial charge in [-0.2, -0.15) is 0 Å². The van der Waals surface area contributed by atoms with Crippen LogP contribution in [0.5, 0.6) is 0 Å². The summed E-state index contributed by atoms with van der Waals surface area (Å²) in [5.74, 6) is -1.06. The Kier molecular flexibility index (Phi) is 4.50. The van der Waals surface area contributed by atoms with Crippen molar-refractivity contribution in [2.45, 2.75) is 13.0 Å². The van der Waals surface area contributed by atoms with Crippen molar-refractivity contribution in [1.82, 2.24) is 20.4 Å². The van der Waals surface area contributed by atoms with Crippen molar-refractivity contribution in [2.24, 2.45) is 0 Å². The normalized spacial score (nSPS) is 10.1. The number of nitrogens with zero attached hydrogens (tertiary/aromatic N) is 4. The van der Waals surface area contributed by atoms with E-state index in [2.05, 4.69) is 20.4 Å². The summed E-state index contributed by atoms with van der Waals surface area (Å²) in [5.41, 5.74) is 0.890. The molecule has 0 aromatic carbocycles. The lowest BCUT2D eigenvalue weighted by Gasteiger charge is -2.02. The molecule has 8 heteroatoms. The minimum atomic E-state index is -1.13. The van der Waals surface area contributed by atoms with Crippen LogP contribution in [0.15, 0.2) is 30.7 Å². The summed E-state index contributed by atoms with van der Waals surface area (Å²) >= 11 is 0. The second-order valence-corrected chi connectivity index (χ2v) is 4.15. The first-order valence-corrected chi connectivity index (χ1v) is 6.21. The number of carbonyl (C=O) groups is 2. The highest BCUT2D eigenvalue weighted by Crippen LogP contribution is 2.11. The SMILES string of the molecule is CNC(=O)c1ccnc(-c2cc[n+](CCC(=O)[O-])nc2)n1. The number of carboxylic acid groups (broad SMARTS) is 1. The zero-order valence-corrected chi connectivity index (χ0v) is 11.3. The van der Waals surface area contributed by atoms with Crippen molar-refractivity contribution >= 4 is 11.9 Å². The summed E-state index contributed by atoms with van der Waals surface area (Å²) in [6, 6.07) is 3.21. The minimum Gasteiger partial charge on any atom is -0.550 e. The lowest BCUT2D eigenvalue weighted by atomic mass is 10.2. The van der Waals surface area contributed by atoms with Crippen LogP contribution in [0.25, 0.3) is 11.4 Å². The van der Waals surface area contributed by atoms with E-state index in [-0.39, 0.29) is 24.6 Å². The average Bonchev–Trinajstić information content (AvgIpc) is 2.52. The van der Waals surface area contributed by atoms with Gasteiger partial charge in [0.2, 0.25) is 0 Å². The molecule has 0 aliphatic carbocycles. The van der Waals surface area contributed by atoms with Gasteiger partial charge in [-0.05, 0) is 11.2 Å². The number of aromatic nitrogens is 4. The second kappa shape index (κ2) is 6.51. The zero-order chi connectivity index (χ0) is 15.2. The van der Waals surface area contributed by atoms with E-state index < -0.39 is 5.97 Å². The maximum atomic E-state index is 11.5. The molecule has 0 atom stereocenters. The van der Waals surface area contributed by atoms with Gasteiger partial charge in [0.05, 0.1) is 0 Å². The first kappa shape index (κ1) is 14.5. The Morgan fingerprint density at radius 1 is 1.38 bits per heavy atom. The molecule has 108 valence electrons. The van der Waals surface area contributed by atoms with E-state index in [0.717, 1.165) is 0 Å². The highest BCUT2D eigenvalue weighted by Gasteiger charge is 2.10. The molecule has 1 amide bonds. The van der Waals surface area contributed by atoms with E-state index in [1.165, 1.54) is 30.2 Å². The first-order valence-electron chi connectivity index (χ1n) is 6.21. The second-order valence-electron chi connectivity index (χ2n) is 4.15. The first-order chi connectivity index (χ1) is 10.1. The van der Waals surface area contributed by atoms with E-state index in [0.29, 0.717) is 11.4 Å². The van der Waals surface area contributed by atoms with Crippen molar-refractivity contribution < 1.29 is 19.4 Å². The Morgan fingerprint density at radius 3 is 2.81 bits per heavy atom. The average molecular weight is 287 g/mol. The van der Waals surface area contributed by atoms with Crippen LogP contribution < -0.4 is 15.1 Å². The van der Waals surface area contributed by atoms with Gasteiger partial charge in [-0.15, -0.1) is 0 Å². The fourth-order valence-electron chi connectivity index (χ4n) is 1.61. The number of carbonyl (C=O) groups excluding carboxylic acids is 2. The van der Waals surface area contributed by atoms with Crippen LogP contribution in [0.4, 0.5) is 0 Å². The molecular formula is C13H13N5O3. The summed E-state index contributed by atoms with van der Waals surface area (Å²) in [5, 5.41) is 16.9. The molecule has 8 nitrogen and oxygen atoms in total. The van der Waals surface area contributed by atoms with E-state index in [1.807, 2.05) is 0 Å². The van der Waals surface area contributed by atoms with E-state index >= 15 is 0 Å². The molecule has 0 saturated carbocycles. The fraction of sp³-hybridized carbons (Fsp3) is 0.231. The third-order valence-electron chi connectivity index (χ3n) is 2.69. The highest BCUT2D eigenvalue weighted by atomic mass is 16.4. The van der Waals surface area contributed by atoms with Gasteiger partial charge in [-0.1, -0.05) is 4.68 Å². The number of nitrogens with one attached hydrogen (secondary N) is 1. The Labute approximate surface area is 120 Å². The lowest BCUT2D eigenvalue weighted by molar-refractivity contribution is -0.753. The molecule has 2 heterocycles. The van der Waals surface area contributed by atoms with Crippen molar-refractivity contribution in [1.29, 1.82) is 0 Å². The van der Waals surface area contributed by atoms with Gasteiger partial charge in [0.25, 0.3) is 5.91 Å². The molecule has 0 unspecified atom stereocenters. The molecule has 0 saturated heterocycles. The van der Waals surface area contributed by atoms with Crippen molar-refractivity contribution in [3.05, 3.63) is 36.4 Å². The molecule has 0 aliphatic heterocycles. The van der Waals surface area contributed by atoms with Gasteiger partial charge >= 0.3 is 0 Å². The van der Waals surface area contributed by atoms with Crippen LogP contribution in [-0.4, -0.2) is 34.0 Å². The smallest absolute Gasteiger partial charge is 0.269 e. The standard InChI is InChI=1S/C13H13N5O3/c1-14-13(21)10-2-5-15-12(17-10)9-3-6-18(16-8-9)7-4-11(19)20/h2-3,5-6,8H,4,7H2,1H3,(H-,14,19,20,21). The Morgan fingerprint density at radius 2 is 2.19 bits per heavy atom. The van der Waals surface area contributed by atoms with Crippen molar-refractivity contribution in [2.75, 3.05) is 7.05 Å². The highest BCUT2D eigenvalue weighted by molar-refractivity contribution is 5.92.